The average molecular weight is 207 g/mol. The van der Waals surface area contributed by atoms with Crippen LogP contribution in [0, 0.1) is 6.92 Å². The van der Waals surface area contributed by atoms with Crippen molar-refractivity contribution in [2.45, 2.75) is 19.4 Å². The monoisotopic (exact) mass is 207 g/mol. The summed E-state index contributed by atoms with van der Waals surface area (Å²) in [6, 6.07) is 6.26. The summed E-state index contributed by atoms with van der Waals surface area (Å²) in [6.45, 7) is 2.10. The van der Waals surface area contributed by atoms with Gasteiger partial charge in [0.1, 0.15) is 0 Å². The molecule has 1 unspecified atom stereocenters. The Morgan fingerprint density at radius 2 is 2.29 bits per heavy atom. The summed E-state index contributed by atoms with van der Waals surface area (Å²) < 4.78 is 5.00. The molecule has 0 aromatic carbocycles. The zero-order valence-corrected chi connectivity index (χ0v) is 8.88. The van der Waals surface area contributed by atoms with Gasteiger partial charge in [0.2, 0.25) is 0 Å². The van der Waals surface area contributed by atoms with Crippen molar-refractivity contribution in [3.63, 3.8) is 0 Å². The van der Waals surface area contributed by atoms with Crippen LogP contribution >= 0.6 is 11.3 Å². The molecule has 2 heterocycles. The van der Waals surface area contributed by atoms with Crippen LogP contribution < -0.4 is 5.73 Å². The molecular weight excluding hydrogens is 194 g/mol. The standard InChI is InChI=1S/C11H13NOS/c1-8-2-3-11(14-8)10(12)6-9-4-5-13-7-9/h2-5,7,10H,6,12H2,1H3. The minimum atomic E-state index is 0.0892. The maximum atomic E-state index is 6.07. The van der Waals surface area contributed by atoms with Crippen molar-refractivity contribution in [1.82, 2.24) is 0 Å². The maximum absolute atomic E-state index is 6.07. The lowest BCUT2D eigenvalue weighted by Crippen LogP contribution is -2.11. The van der Waals surface area contributed by atoms with E-state index in [1.54, 1.807) is 23.9 Å². The number of hydrogen-bond acceptors (Lipinski definition) is 3. The molecule has 0 spiro atoms. The smallest absolute Gasteiger partial charge is 0.0935 e. The molecule has 3 heteroatoms. The van der Waals surface area contributed by atoms with Crippen molar-refractivity contribution in [2.75, 3.05) is 0 Å². The van der Waals surface area contributed by atoms with Crippen LogP contribution in [0.25, 0.3) is 0 Å². The Hall–Kier alpha value is -1.06. The Morgan fingerprint density at radius 3 is 2.86 bits per heavy atom. The van der Waals surface area contributed by atoms with E-state index in [2.05, 4.69) is 19.1 Å². The number of aryl methyl sites for hydroxylation is 1. The molecule has 74 valence electrons. The quantitative estimate of drug-likeness (QED) is 0.840. The molecule has 0 fully saturated rings. The van der Waals surface area contributed by atoms with Crippen LogP contribution in [0.15, 0.2) is 35.1 Å². The van der Waals surface area contributed by atoms with Crippen LogP contribution in [-0.2, 0) is 6.42 Å². The van der Waals surface area contributed by atoms with Gasteiger partial charge in [0.15, 0.2) is 0 Å². The van der Waals surface area contributed by atoms with E-state index >= 15 is 0 Å². The predicted octanol–water partition coefficient (Wildman–Crippen LogP) is 2.89. The minimum Gasteiger partial charge on any atom is -0.472 e. The summed E-state index contributed by atoms with van der Waals surface area (Å²) in [6.07, 6.45) is 4.28. The highest BCUT2D eigenvalue weighted by Gasteiger charge is 2.09. The van der Waals surface area contributed by atoms with Gasteiger partial charge in [0.05, 0.1) is 12.5 Å². The topological polar surface area (TPSA) is 39.2 Å². The summed E-state index contributed by atoms with van der Waals surface area (Å²) in [7, 11) is 0. The van der Waals surface area contributed by atoms with Gasteiger partial charge >= 0.3 is 0 Å². The van der Waals surface area contributed by atoms with E-state index in [1.807, 2.05) is 6.07 Å². The normalized spacial score (nSPS) is 13.0. The molecule has 2 N–H and O–H groups in total. The van der Waals surface area contributed by atoms with Gasteiger partial charge < -0.3 is 10.2 Å². The summed E-state index contributed by atoms with van der Waals surface area (Å²) in [5.74, 6) is 0. The van der Waals surface area contributed by atoms with Crippen molar-refractivity contribution in [3.8, 4) is 0 Å². The zero-order valence-electron chi connectivity index (χ0n) is 8.07. The second-order valence-corrected chi connectivity index (χ2v) is 4.71. The molecule has 1 atom stereocenters. The number of nitrogens with two attached hydrogens (primary N) is 1. The van der Waals surface area contributed by atoms with Gasteiger partial charge in [-0.1, -0.05) is 0 Å². The Balaban J connectivity index is 2.06. The highest BCUT2D eigenvalue weighted by Crippen LogP contribution is 2.23. The molecule has 0 aliphatic rings. The van der Waals surface area contributed by atoms with Gasteiger partial charge in [-0.05, 0) is 37.1 Å². The second-order valence-electron chi connectivity index (χ2n) is 3.39. The molecule has 2 aromatic rings. The van der Waals surface area contributed by atoms with Crippen LogP contribution in [-0.4, -0.2) is 0 Å². The van der Waals surface area contributed by atoms with Gasteiger partial charge in [-0.2, -0.15) is 0 Å². The Kier molecular flexibility index (Phi) is 2.70. The molecule has 0 aliphatic carbocycles. The fourth-order valence-electron chi connectivity index (χ4n) is 1.42. The molecule has 2 nitrogen and oxygen atoms in total. The molecule has 0 bridgehead atoms. The predicted molar refractivity (Wildman–Crippen MR) is 58.4 cm³/mol. The lowest BCUT2D eigenvalue weighted by molar-refractivity contribution is 0.561. The number of hydrogen-bond donors (Lipinski definition) is 1. The molecule has 0 amide bonds. The third kappa shape index (κ3) is 2.05. The van der Waals surface area contributed by atoms with Crippen LogP contribution in [0.4, 0.5) is 0 Å². The Bertz CT molecular complexity index is 391. The van der Waals surface area contributed by atoms with Crippen molar-refractivity contribution in [2.24, 2.45) is 5.73 Å². The number of thiophene rings is 1. The Morgan fingerprint density at radius 1 is 1.43 bits per heavy atom. The van der Waals surface area contributed by atoms with E-state index in [1.165, 1.54) is 9.75 Å². The van der Waals surface area contributed by atoms with Crippen molar-refractivity contribution in [3.05, 3.63) is 46.0 Å². The van der Waals surface area contributed by atoms with Crippen LogP contribution in [0.5, 0.6) is 0 Å². The molecule has 0 saturated heterocycles. The van der Waals surface area contributed by atoms with E-state index in [9.17, 15) is 0 Å². The van der Waals surface area contributed by atoms with Crippen LogP contribution in [0.3, 0.4) is 0 Å². The Labute approximate surface area is 87.4 Å². The molecule has 14 heavy (non-hydrogen) atoms. The lowest BCUT2D eigenvalue weighted by atomic mass is 10.1. The summed E-state index contributed by atoms with van der Waals surface area (Å²) >= 11 is 1.76. The van der Waals surface area contributed by atoms with E-state index in [-0.39, 0.29) is 6.04 Å². The molecular formula is C11H13NOS. The summed E-state index contributed by atoms with van der Waals surface area (Å²) in [5.41, 5.74) is 7.22. The molecule has 0 radical (unpaired) electrons. The first-order valence-corrected chi connectivity index (χ1v) is 5.40. The van der Waals surface area contributed by atoms with Gasteiger partial charge in [-0.3, -0.25) is 0 Å². The largest absolute Gasteiger partial charge is 0.472 e. The third-order valence-corrected chi connectivity index (χ3v) is 3.29. The van der Waals surface area contributed by atoms with Crippen molar-refractivity contribution < 1.29 is 4.42 Å². The molecule has 2 aromatic heterocycles. The third-order valence-electron chi connectivity index (χ3n) is 2.16. The van der Waals surface area contributed by atoms with Crippen LogP contribution in [0.1, 0.15) is 21.4 Å². The van der Waals surface area contributed by atoms with Gasteiger partial charge in [0.25, 0.3) is 0 Å². The molecule has 0 aliphatic heterocycles. The molecule has 0 saturated carbocycles. The number of rotatable bonds is 3. The summed E-state index contributed by atoms with van der Waals surface area (Å²) in [5, 5.41) is 0. The lowest BCUT2D eigenvalue weighted by Gasteiger charge is -2.06. The van der Waals surface area contributed by atoms with Crippen molar-refractivity contribution in [1.29, 1.82) is 0 Å². The highest BCUT2D eigenvalue weighted by atomic mass is 32.1. The van der Waals surface area contributed by atoms with Crippen LogP contribution in [0.2, 0.25) is 0 Å². The van der Waals surface area contributed by atoms with Crippen molar-refractivity contribution >= 4 is 11.3 Å². The zero-order chi connectivity index (χ0) is 9.97. The summed E-state index contributed by atoms with van der Waals surface area (Å²) in [4.78, 5) is 2.55. The first-order chi connectivity index (χ1) is 6.75. The van der Waals surface area contributed by atoms with E-state index in [0.717, 1.165) is 12.0 Å². The SMILES string of the molecule is Cc1ccc(C(N)Cc2ccoc2)s1. The molecule has 2 rings (SSSR count). The van der Waals surface area contributed by atoms with Gasteiger partial charge in [-0.25, -0.2) is 0 Å². The number of furan rings is 1. The highest BCUT2D eigenvalue weighted by molar-refractivity contribution is 7.12. The van der Waals surface area contributed by atoms with E-state index in [4.69, 9.17) is 10.2 Å². The maximum Gasteiger partial charge on any atom is 0.0935 e. The fraction of sp³-hybridized carbons (Fsp3) is 0.273. The fourth-order valence-corrected chi connectivity index (χ4v) is 2.29. The van der Waals surface area contributed by atoms with E-state index in [0.29, 0.717) is 0 Å². The first kappa shape index (κ1) is 9.49. The second kappa shape index (κ2) is 3.98. The van der Waals surface area contributed by atoms with Gasteiger partial charge in [0, 0.05) is 15.8 Å². The first-order valence-electron chi connectivity index (χ1n) is 4.58. The average Bonchev–Trinajstić information content (AvgIpc) is 2.75. The van der Waals surface area contributed by atoms with E-state index < -0.39 is 0 Å². The van der Waals surface area contributed by atoms with Gasteiger partial charge in [-0.15, -0.1) is 11.3 Å². The minimum absolute atomic E-state index is 0.0892.